The molecule has 2 amide bonds. The topological polar surface area (TPSA) is 73.7 Å². The van der Waals surface area contributed by atoms with Gasteiger partial charge < -0.3 is 14.9 Å². The molecule has 152 valence electrons. The average molecular weight is 393 g/mol. The van der Waals surface area contributed by atoms with Crippen molar-refractivity contribution in [2.45, 2.75) is 39.2 Å². The van der Waals surface area contributed by atoms with Gasteiger partial charge >= 0.3 is 0 Å². The van der Waals surface area contributed by atoms with Crippen molar-refractivity contribution in [2.75, 3.05) is 19.6 Å². The zero-order valence-electron chi connectivity index (χ0n) is 16.8. The molecule has 1 aromatic carbocycles. The zero-order chi connectivity index (χ0) is 20.4. The normalized spacial score (nSPS) is 18.9. The number of hydrogen-bond donors (Lipinski definition) is 1. The number of benzene rings is 1. The Morgan fingerprint density at radius 1 is 1.14 bits per heavy atom. The minimum absolute atomic E-state index is 0.0318. The number of phenols is 1. The number of likely N-dealkylation sites (tertiary alicyclic amines) is 2. The predicted molar refractivity (Wildman–Crippen MR) is 109 cm³/mol. The van der Waals surface area contributed by atoms with Gasteiger partial charge in [0.05, 0.1) is 0 Å². The molecule has 0 radical (unpaired) electrons. The minimum atomic E-state index is -0.0318. The third-order valence-corrected chi connectivity index (χ3v) is 6.44. The molecule has 6 nitrogen and oxygen atoms in total. The van der Waals surface area contributed by atoms with E-state index < -0.39 is 0 Å². The number of carbonyl (C=O) groups excluding carboxylic acids is 2. The summed E-state index contributed by atoms with van der Waals surface area (Å²) in [6.07, 6.45) is 6.78. The predicted octanol–water partition coefficient (Wildman–Crippen LogP) is 3.14. The maximum absolute atomic E-state index is 12.8. The number of pyridine rings is 1. The van der Waals surface area contributed by atoms with Crippen LogP contribution in [0.3, 0.4) is 0 Å². The van der Waals surface area contributed by atoms with Crippen LogP contribution >= 0.6 is 0 Å². The van der Waals surface area contributed by atoms with Crippen molar-refractivity contribution in [1.82, 2.24) is 14.8 Å². The maximum Gasteiger partial charge on any atom is 0.253 e. The van der Waals surface area contributed by atoms with Crippen LogP contribution in [0.1, 0.15) is 47.2 Å². The summed E-state index contributed by atoms with van der Waals surface area (Å²) in [5, 5.41) is 9.91. The van der Waals surface area contributed by atoms with Gasteiger partial charge in [-0.2, -0.15) is 0 Å². The first-order valence-corrected chi connectivity index (χ1v) is 10.2. The van der Waals surface area contributed by atoms with E-state index >= 15 is 0 Å². The molecule has 4 rings (SSSR count). The van der Waals surface area contributed by atoms with E-state index in [0.717, 1.165) is 36.9 Å². The van der Waals surface area contributed by atoms with Crippen LogP contribution in [0.5, 0.6) is 5.75 Å². The number of aryl methyl sites for hydroxylation is 1. The molecular formula is C23H27N3O3. The van der Waals surface area contributed by atoms with E-state index in [1.54, 1.807) is 30.6 Å². The quantitative estimate of drug-likeness (QED) is 0.869. The summed E-state index contributed by atoms with van der Waals surface area (Å²) in [7, 11) is 0. The van der Waals surface area contributed by atoms with Gasteiger partial charge in [0.2, 0.25) is 5.91 Å². The Hall–Kier alpha value is -2.89. The molecule has 0 aliphatic carbocycles. The van der Waals surface area contributed by atoms with Crippen LogP contribution in [0.25, 0.3) is 0 Å². The summed E-state index contributed by atoms with van der Waals surface area (Å²) in [5.41, 5.74) is 2.48. The van der Waals surface area contributed by atoms with Crippen LogP contribution in [-0.4, -0.2) is 51.3 Å². The van der Waals surface area contributed by atoms with Crippen LogP contribution < -0.4 is 0 Å². The summed E-state index contributed by atoms with van der Waals surface area (Å²) in [5.74, 6) is 0.332. The van der Waals surface area contributed by atoms with E-state index in [-0.39, 0.29) is 23.0 Å². The molecular weight excluding hydrogens is 366 g/mol. The van der Waals surface area contributed by atoms with Crippen molar-refractivity contribution in [1.29, 1.82) is 0 Å². The number of rotatable bonds is 3. The Balaban J connectivity index is 1.40. The van der Waals surface area contributed by atoms with Gasteiger partial charge in [-0.1, -0.05) is 6.07 Å². The Bertz CT molecular complexity index is 905. The number of carbonyl (C=O) groups is 2. The zero-order valence-corrected chi connectivity index (χ0v) is 16.8. The molecule has 2 aromatic rings. The Morgan fingerprint density at radius 2 is 1.86 bits per heavy atom. The highest BCUT2D eigenvalue weighted by molar-refractivity contribution is 5.94. The lowest BCUT2D eigenvalue weighted by atomic mass is 9.72. The van der Waals surface area contributed by atoms with Gasteiger partial charge in [-0.3, -0.25) is 14.6 Å². The van der Waals surface area contributed by atoms with Gasteiger partial charge in [-0.15, -0.1) is 0 Å². The van der Waals surface area contributed by atoms with Crippen molar-refractivity contribution in [2.24, 2.45) is 5.41 Å². The molecule has 2 saturated heterocycles. The second kappa shape index (κ2) is 7.85. The number of piperidine rings is 2. The lowest BCUT2D eigenvalue weighted by molar-refractivity contribution is -0.139. The summed E-state index contributed by atoms with van der Waals surface area (Å²) in [6.45, 7) is 4.56. The van der Waals surface area contributed by atoms with Gasteiger partial charge in [0.1, 0.15) is 5.75 Å². The highest BCUT2D eigenvalue weighted by atomic mass is 16.3. The molecule has 0 unspecified atom stereocenters. The van der Waals surface area contributed by atoms with Gasteiger partial charge in [-0.05, 0) is 67.0 Å². The molecule has 3 heterocycles. The smallest absolute Gasteiger partial charge is 0.253 e. The number of amides is 2. The first-order valence-electron chi connectivity index (χ1n) is 10.2. The average Bonchev–Trinajstić information content (AvgIpc) is 2.74. The minimum Gasteiger partial charge on any atom is -0.508 e. The van der Waals surface area contributed by atoms with E-state index in [1.165, 1.54) is 0 Å². The maximum atomic E-state index is 12.8. The Morgan fingerprint density at radius 3 is 2.55 bits per heavy atom. The van der Waals surface area contributed by atoms with Crippen LogP contribution in [0.15, 0.2) is 42.7 Å². The summed E-state index contributed by atoms with van der Waals surface area (Å²) >= 11 is 0. The van der Waals surface area contributed by atoms with Crippen molar-refractivity contribution in [3.63, 3.8) is 0 Å². The second-order valence-corrected chi connectivity index (χ2v) is 8.40. The van der Waals surface area contributed by atoms with Gasteiger partial charge in [0.15, 0.2) is 0 Å². The standard InChI is InChI=1S/C23H27N3O3/c1-17-2-3-19(14-20(17)27)22(29)25-12-8-23(9-13-25)7-4-21(28)26(16-23)15-18-5-10-24-11-6-18/h2-3,5-6,10-11,14,27H,4,7-9,12-13,15-16H2,1H3. The molecule has 0 saturated carbocycles. The van der Waals surface area contributed by atoms with Crippen LogP contribution in [0, 0.1) is 12.3 Å². The fourth-order valence-electron chi connectivity index (χ4n) is 4.47. The first-order chi connectivity index (χ1) is 14.0. The number of phenolic OH excluding ortho intramolecular Hbond substituents is 1. The largest absolute Gasteiger partial charge is 0.508 e. The molecule has 1 spiro atoms. The third-order valence-electron chi connectivity index (χ3n) is 6.44. The highest BCUT2D eigenvalue weighted by Gasteiger charge is 2.41. The molecule has 29 heavy (non-hydrogen) atoms. The number of aromatic hydroxyl groups is 1. The summed E-state index contributed by atoms with van der Waals surface area (Å²) in [4.78, 5) is 33.2. The van der Waals surface area contributed by atoms with Crippen molar-refractivity contribution < 1.29 is 14.7 Å². The molecule has 1 aromatic heterocycles. The summed E-state index contributed by atoms with van der Waals surface area (Å²) < 4.78 is 0. The monoisotopic (exact) mass is 393 g/mol. The molecule has 0 atom stereocenters. The lowest BCUT2D eigenvalue weighted by Gasteiger charge is -2.47. The number of aromatic nitrogens is 1. The second-order valence-electron chi connectivity index (χ2n) is 8.40. The molecule has 2 fully saturated rings. The van der Waals surface area contributed by atoms with E-state index in [1.807, 2.05) is 28.9 Å². The Kier molecular flexibility index (Phi) is 5.26. The Labute approximate surface area is 171 Å². The van der Waals surface area contributed by atoms with Crippen molar-refractivity contribution in [3.05, 3.63) is 59.4 Å². The first kappa shape index (κ1) is 19.4. The van der Waals surface area contributed by atoms with E-state index in [2.05, 4.69) is 4.98 Å². The fourth-order valence-corrected chi connectivity index (χ4v) is 4.47. The van der Waals surface area contributed by atoms with Crippen LogP contribution in [0.2, 0.25) is 0 Å². The van der Waals surface area contributed by atoms with Gasteiger partial charge in [-0.25, -0.2) is 0 Å². The summed E-state index contributed by atoms with van der Waals surface area (Å²) in [6, 6.07) is 9.01. The van der Waals surface area contributed by atoms with Gasteiger partial charge in [0.25, 0.3) is 5.91 Å². The fraction of sp³-hybridized carbons (Fsp3) is 0.435. The number of hydrogen-bond acceptors (Lipinski definition) is 4. The van der Waals surface area contributed by atoms with Gasteiger partial charge in [0, 0.05) is 50.6 Å². The van der Waals surface area contributed by atoms with Crippen LogP contribution in [-0.2, 0) is 11.3 Å². The molecule has 6 heteroatoms. The van der Waals surface area contributed by atoms with E-state index in [9.17, 15) is 14.7 Å². The molecule has 2 aliphatic rings. The molecule has 2 aliphatic heterocycles. The van der Waals surface area contributed by atoms with E-state index in [0.29, 0.717) is 31.6 Å². The SMILES string of the molecule is Cc1ccc(C(=O)N2CCC3(CCC(=O)N(Cc4ccncc4)C3)CC2)cc1O. The van der Waals surface area contributed by atoms with Crippen molar-refractivity contribution in [3.8, 4) is 5.75 Å². The lowest BCUT2D eigenvalue weighted by Crippen LogP contribution is -2.52. The molecule has 0 bridgehead atoms. The highest BCUT2D eigenvalue weighted by Crippen LogP contribution is 2.41. The van der Waals surface area contributed by atoms with Crippen LogP contribution in [0.4, 0.5) is 0 Å². The van der Waals surface area contributed by atoms with Crippen molar-refractivity contribution >= 4 is 11.8 Å². The van der Waals surface area contributed by atoms with E-state index in [4.69, 9.17) is 0 Å². The number of nitrogens with zero attached hydrogens (tertiary/aromatic N) is 3. The molecule has 1 N–H and O–H groups in total. The third kappa shape index (κ3) is 4.11.